The second-order valence-corrected chi connectivity index (χ2v) is 5.72. The van der Waals surface area contributed by atoms with Gasteiger partial charge in [0.15, 0.2) is 0 Å². The average molecular weight is 299 g/mol. The molecule has 1 amide bonds. The Morgan fingerprint density at radius 2 is 2.50 bits per heavy atom. The molecule has 112 valence electrons. The first-order chi connectivity index (χ1) is 9.63. The summed E-state index contributed by atoms with van der Waals surface area (Å²) in [6.45, 7) is 2.83. The number of hydrogen-bond acceptors (Lipinski definition) is 6. The molecule has 3 N–H and O–H groups in total. The standard InChI is InChI=1S/C13H21N3O3S/c1-8(18-2)13-16-9(7-20-13)6-15-12(17)11-4-3-10(5-14)19-11/h7-8,10-11H,3-6,14H2,1-2H3,(H,15,17)/t8?,10-,11+/m1/s1. The van der Waals surface area contributed by atoms with Gasteiger partial charge in [0, 0.05) is 19.0 Å². The molecule has 6 nitrogen and oxygen atoms in total. The molecule has 1 fully saturated rings. The van der Waals surface area contributed by atoms with Gasteiger partial charge >= 0.3 is 0 Å². The number of carbonyl (C=O) groups is 1. The summed E-state index contributed by atoms with van der Waals surface area (Å²) >= 11 is 1.53. The highest BCUT2D eigenvalue weighted by Gasteiger charge is 2.29. The maximum atomic E-state index is 12.0. The van der Waals surface area contributed by atoms with E-state index >= 15 is 0 Å². The van der Waals surface area contributed by atoms with Gasteiger partial charge in [0.2, 0.25) is 5.91 Å². The maximum Gasteiger partial charge on any atom is 0.249 e. The summed E-state index contributed by atoms with van der Waals surface area (Å²) < 4.78 is 10.8. The van der Waals surface area contributed by atoms with Gasteiger partial charge in [0.05, 0.1) is 18.3 Å². The first kappa shape index (κ1) is 15.4. The molecule has 2 rings (SSSR count). The van der Waals surface area contributed by atoms with E-state index in [-0.39, 0.29) is 24.2 Å². The summed E-state index contributed by atoms with van der Waals surface area (Å²) in [5, 5.41) is 5.70. The summed E-state index contributed by atoms with van der Waals surface area (Å²) in [4.78, 5) is 16.4. The normalized spacial score (nSPS) is 23.8. The van der Waals surface area contributed by atoms with Crippen molar-refractivity contribution in [1.82, 2.24) is 10.3 Å². The second kappa shape index (κ2) is 7.12. The first-order valence-electron chi connectivity index (χ1n) is 6.74. The van der Waals surface area contributed by atoms with Crippen molar-refractivity contribution >= 4 is 17.2 Å². The Labute approximate surface area is 122 Å². The fraction of sp³-hybridized carbons (Fsp3) is 0.692. The number of thiazole rings is 1. The lowest BCUT2D eigenvalue weighted by Gasteiger charge is -2.12. The van der Waals surface area contributed by atoms with E-state index in [4.69, 9.17) is 15.2 Å². The molecule has 2 heterocycles. The second-order valence-electron chi connectivity index (χ2n) is 4.83. The molecular formula is C13H21N3O3S. The molecule has 0 aromatic carbocycles. The molecule has 1 aliphatic rings. The van der Waals surface area contributed by atoms with Crippen LogP contribution < -0.4 is 11.1 Å². The smallest absolute Gasteiger partial charge is 0.249 e. The topological polar surface area (TPSA) is 86.5 Å². The molecule has 1 aromatic rings. The Morgan fingerprint density at radius 3 is 3.15 bits per heavy atom. The third-order valence-electron chi connectivity index (χ3n) is 3.38. The molecule has 1 saturated heterocycles. The van der Waals surface area contributed by atoms with Crippen LogP contribution in [0.4, 0.5) is 0 Å². The van der Waals surface area contributed by atoms with E-state index in [2.05, 4.69) is 10.3 Å². The number of nitrogens with zero attached hydrogens (tertiary/aromatic N) is 1. The fourth-order valence-corrected chi connectivity index (χ4v) is 2.91. The highest BCUT2D eigenvalue weighted by Crippen LogP contribution is 2.21. The van der Waals surface area contributed by atoms with Crippen molar-refractivity contribution in [3.8, 4) is 0 Å². The van der Waals surface area contributed by atoms with E-state index < -0.39 is 0 Å². The van der Waals surface area contributed by atoms with Crippen LogP contribution in [0.25, 0.3) is 0 Å². The largest absolute Gasteiger partial charge is 0.375 e. The van der Waals surface area contributed by atoms with Gasteiger partial charge < -0.3 is 20.5 Å². The molecule has 1 unspecified atom stereocenters. The Bertz CT molecular complexity index is 452. The zero-order valence-corrected chi connectivity index (χ0v) is 12.6. The van der Waals surface area contributed by atoms with Crippen molar-refractivity contribution in [1.29, 1.82) is 0 Å². The minimum absolute atomic E-state index is 0.0131. The van der Waals surface area contributed by atoms with E-state index in [1.54, 1.807) is 7.11 Å². The number of amides is 1. The van der Waals surface area contributed by atoms with Crippen LogP contribution in [0.2, 0.25) is 0 Å². The van der Waals surface area contributed by atoms with Gasteiger partial charge in [-0.1, -0.05) is 0 Å². The SMILES string of the molecule is COC(C)c1nc(CNC(=O)[C@@H]2CC[C@H](CN)O2)cs1. The monoisotopic (exact) mass is 299 g/mol. The molecule has 1 aliphatic heterocycles. The van der Waals surface area contributed by atoms with Crippen LogP contribution in [0.5, 0.6) is 0 Å². The molecular weight excluding hydrogens is 278 g/mol. The van der Waals surface area contributed by atoms with Crippen LogP contribution in [-0.2, 0) is 20.8 Å². The number of aromatic nitrogens is 1. The molecule has 0 radical (unpaired) electrons. The van der Waals surface area contributed by atoms with E-state index in [0.29, 0.717) is 13.1 Å². The molecule has 3 atom stereocenters. The number of ether oxygens (including phenoxy) is 2. The van der Waals surface area contributed by atoms with Crippen LogP contribution >= 0.6 is 11.3 Å². The number of hydrogen-bond donors (Lipinski definition) is 2. The lowest BCUT2D eigenvalue weighted by molar-refractivity contribution is -0.132. The Morgan fingerprint density at radius 1 is 1.70 bits per heavy atom. The fourth-order valence-electron chi connectivity index (χ4n) is 2.05. The minimum atomic E-state index is -0.375. The van der Waals surface area contributed by atoms with Gasteiger partial charge in [-0.25, -0.2) is 4.98 Å². The van der Waals surface area contributed by atoms with E-state index in [0.717, 1.165) is 23.5 Å². The van der Waals surface area contributed by atoms with Gasteiger partial charge in [0.25, 0.3) is 0 Å². The number of carbonyl (C=O) groups excluding carboxylic acids is 1. The number of nitrogens with two attached hydrogens (primary N) is 1. The van der Waals surface area contributed by atoms with Crippen LogP contribution in [0.1, 0.15) is 36.6 Å². The third-order valence-corrected chi connectivity index (χ3v) is 4.43. The Balaban J connectivity index is 1.80. The minimum Gasteiger partial charge on any atom is -0.375 e. The molecule has 0 saturated carbocycles. The number of methoxy groups -OCH3 is 1. The molecule has 0 spiro atoms. The van der Waals surface area contributed by atoms with Crippen molar-refractivity contribution in [3.63, 3.8) is 0 Å². The first-order valence-corrected chi connectivity index (χ1v) is 7.62. The van der Waals surface area contributed by atoms with E-state index in [1.807, 2.05) is 12.3 Å². The van der Waals surface area contributed by atoms with Crippen LogP contribution in [0, 0.1) is 0 Å². The molecule has 0 bridgehead atoms. The van der Waals surface area contributed by atoms with Gasteiger partial charge in [-0.05, 0) is 19.8 Å². The summed E-state index contributed by atoms with van der Waals surface area (Å²) in [7, 11) is 1.65. The van der Waals surface area contributed by atoms with Gasteiger partial charge in [-0.2, -0.15) is 0 Å². The molecule has 7 heteroatoms. The summed E-state index contributed by atoms with van der Waals surface area (Å²) in [6.07, 6.45) is 1.20. The predicted octanol–water partition coefficient (Wildman–Crippen LogP) is 0.973. The molecule has 1 aromatic heterocycles. The molecule has 20 heavy (non-hydrogen) atoms. The zero-order chi connectivity index (χ0) is 14.5. The highest BCUT2D eigenvalue weighted by molar-refractivity contribution is 7.09. The summed E-state index contributed by atoms with van der Waals surface area (Å²) in [5.74, 6) is -0.0877. The van der Waals surface area contributed by atoms with Crippen molar-refractivity contribution in [3.05, 3.63) is 16.1 Å². The van der Waals surface area contributed by atoms with Gasteiger partial charge in [0.1, 0.15) is 17.2 Å². The van der Waals surface area contributed by atoms with E-state index in [9.17, 15) is 4.79 Å². The zero-order valence-electron chi connectivity index (χ0n) is 11.8. The van der Waals surface area contributed by atoms with Crippen LogP contribution in [-0.4, -0.2) is 36.8 Å². The van der Waals surface area contributed by atoms with Crippen molar-refractivity contribution in [2.75, 3.05) is 13.7 Å². The van der Waals surface area contributed by atoms with Gasteiger partial charge in [-0.3, -0.25) is 4.79 Å². The maximum absolute atomic E-state index is 12.0. The average Bonchev–Trinajstić information content (AvgIpc) is 3.12. The molecule has 0 aliphatic carbocycles. The predicted molar refractivity (Wildman–Crippen MR) is 76.3 cm³/mol. The number of rotatable bonds is 6. The van der Waals surface area contributed by atoms with Gasteiger partial charge in [-0.15, -0.1) is 11.3 Å². The number of nitrogens with one attached hydrogen (secondary N) is 1. The summed E-state index contributed by atoms with van der Waals surface area (Å²) in [6, 6.07) is 0. The summed E-state index contributed by atoms with van der Waals surface area (Å²) in [5.41, 5.74) is 6.37. The van der Waals surface area contributed by atoms with Crippen molar-refractivity contribution in [2.45, 2.75) is 44.6 Å². The highest BCUT2D eigenvalue weighted by atomic mass is 32.1. The lowest BCUT2D eigenvalue weighted by atomic mass is 10.2. The van der Waals surface area contributed by atoms with Crippen molar-refractivity contribution in [2.24, 2.45) is 5.73 Å². The van der Waals surface area contributed by atoms with E-state index in [1.165, 1.54) is 11.3 Å². The van der Waals surface area contributed by atoms with Crippen LogP contribution in [0.15, 0.2) is 5.38 Å². The Kier molecular flexibility index (Phi) is 5.47. The lowest BCUT2D eigenvalue weighted by Crippen LogP contribution is -2.35. The van der Waals surface area contributed by atoms with Crippen molar-refractivity contribution < 1.29 is 14.3 Å². The Hall–Kier alpha value is -1.02. The quantitative estimate of drug-likeness (QED) is 0.817. The third kappa shape index (κ3) is 3.76. The van der Waals surface area contributed by atoms with Crippen LogP contribution in [0.3, 0.4) is 0 Å².